The Labute approximate surface area is 210 Å². The second-order valence-electron chi connectivity index (χ2n) is 11.0. The van der Waals surface area contributed by atoms with Crippen LogP contribution in [0.25, 0.3) is 0 Å². The Bertz CT molecular complexity index is 814. The van der Waals surface area contributed by atoms with Gasteiger partial charge in [0.15, 0.2) is 5.78 Å². The lowest BCUT2D eigenvalue weighted by Gasteiger charge is -2.34. The van der Waals surface area contributed by atoms with Crippen molar-refractivity contribution in [2.24, 2.45) is 17.8 Å². The summed E-state index contributed by atoms with van der Waals surface area (Å²) < 4.78 is 18.8. The Kier molecular flexibility index (Phi) is 9.73. The molecule has 1 aromatic rings. The molecule has 2 atom stereocenters. The van der Waals surface area contributed by atoms with Crippen molar-refractivity contribution in [3.8, 4) is 0 Å². The molecule has 0 unspecified atom stereocenters. The lowest BCUT2D eigenvalue weighted by Crippen LogP contribution is -2.39. The second-order valence-corrected chi connectivity index (χ2v) is 11.0. The van der Waals surface area contributed by atoms with Gasteiger partial charge in [-0.25, -0.2) is 4.39 Å². The molecule has 35 heavy (non-hydrogen) atoms. The van der Waals surface area contributed by atoms with Gasteiger partial charge in [0.05, 0.1) is 6.10 Å². The first-order valence-corrected chi connectivity index (χ1v) is 13.9. The van der Waals surface area contributed by atoms with E-state index < -0.39 is 0 Å². The maximum atomic E-state index is 13.1. The van der Waals surface area contributed by atoms with Crippen molar-refractivity contribution in [1.29, 1.82) is 0 Å². The number of hydrogen-bond acceptors (Lipinski definition) is 4. The molecule has 0 bridgehead atoms. The zero-order valence-electron chi connectivity index (χ0n) is 21.4. The molecule has 2 aliphatic carbocycles. The van der Waals surface area contributed by atoms with Crippen LogP contribution in [0.4, 0.5) is 4.39 Å². The van der Waals surface area contributed by atoms with Gasteiger partial charge >= 0.3 is 0 Å². The monoisotopic (exact) mass is 486 g/mol. The van der Waals surface area contributed by atoms with Crippen LogP contribution in [-0.4, -0.2) is 55.0 Å². The molecular weight excluding hydrogens is 443 g/mol. The number of piperidine rings is 1. The Morgan fingerprint density at radius 2 is 1.66 bits per heavy atom. The van der Waals surface area contributed by atoms with Crippen molar-refractivity contribution < 1.29 is 18.7 Å². The number of hydrogen-bond donors (Lipinski definition) is 1. The van der Waals surface area contributed by atoms with Gasteiger partial charge in [-0.2, -0.15) is 0 Å². The molecule has 5 nitrogen and oxygen atoms in total. The average Bonchev–Trinajstić information content (AvgIpc) is 3.31. The highest BCUT2D eigenvalue weighted by molar-refractivity contribution is 5.97. The minimum absolute atomic E-state index is 0.0602. The van der Waals surface area contributed by atoms with Gasteiger partial charge in [0.1, 0.15) is 5.82 Å². The predicted octanol–water partition coefficient (Wildman–Crippen LogP) is 5.38. The maximum Gasteiger partial charge on any atom is 0.220 e. The van der Waals surface area contributed by atoms with Crippen molar-refractivity contribution in [3.05, 3.63) is 35.6 Å². The van der Waals surface area contributed by atoms with Gasteiger partial charge in [0, 0.05) is 30.6 Å². The Morgan fingerprint density at radius 1 is 0.971 bits per heavy atom. The van der Waals surface area contributed by atoms with Crippen LogP contribution in [0.3, 0.4) is 0 Å². The molecule has 3 aliphatic rings. The molecule has 4 rings (SSSR count). The number of ether oxygens (including phenoxy) is 1. The van der Waals surface area contributed by atoms with Crippen LogP contribution in [0.5, 0.6) is 0 Å². The molecule has 0 radical (unpaired) electrons. The van der Waals surface area contributed by atoms with Gasteiger partial charge < -0.3 is 15.0 Å². The Balaban J connectivity index is 1.08. The van der Waals surface area contributed by atoms with Crippen LogP contribution in [-0.2, 0) is 9.53 Å². The van der Waals surface area contributed by atoms with Crippen LogP contribution in [0.2, 0.25) is 0 Å². The number of Topliss-reactive ketones (excluding diaryl/α,β-unsaturated/α-hetero) is 1. The fraction of sp³-hybridized carbons (Fsp3) is 0.724. The molecule has 194 valence electrons. The third-order valence-electron chi connectivity index (χ3n) is 8.52. The van der Waals surface area contributed by atoms with E-state index in [2.05, 4.69) is 10.2 Å². The molecule has 1 N–H and O–H groups in total. The number of benzene rings is 1. The summed E-state index contributed by atoms with van der Waals surface area (Å²) >= 11 is 0. The molecular formula is C29H43FN2O3. The second kappa shape index (κ2) is 13.0. The first kappa shape index (κ1) is 26.3. The minimum Gasteiger partial charge on any atom is -0.378 e. The predicted molar refractivity (Wildman–Crippen MR) is 136 cm³/mol. The molecule has 6 heteroatoms. The van der Waals surface area contributed by atoms with Gasteiger partial charge in [0.25, 0.3) is 0 Å². The lowest BCUT2D eigenvalue weighted by molar-refractivity contribution is -0.123. The van der Waals surface area contributed by atoms with Crippen molar-refractivity contribution >= 4 is 11.7 Å². The van der Waals surface area contributed by atoms with E-state index in [0.29, 0.717) is 30.0 Å². The van der Waals surface area contributed by atoms with Gasteiger partial charge in [0.2, 0.25) is 5.91 Å². The topological polar surface area (TPSA) is 58.6 Å². The number of ketones is 1. The number of halogens is 1. The summed E-state index contributed by atoms with van der Waals surface area (Å²) in [6.07, 6.45) is 11.8. The number of carbonyl (C=O) groups excluding carboxylic acids is 2. The van der Waals surface area contributed by atoms with Gasteiger partial charge in [-0.1, -0.05) is 0 Å². The van der Waals surface area contributed by atoms with Gasteiger partial charge in [-0.3, -0.25) is 9.59 Å². The summed E-state index contributed by atoms with van der Waals surface area (Å²) in [5.74, 6) is 1.38. The number of amides is 1. The smallest absolute Gasteiger partial charge is 0.220 e. The summed E-state index contributed by atoms with van der Waals surface area (Å²) in [4.78, 5) is 27.7. The van der Waals surface area contributed by atoms with Crippen LogP contribution in [0, 0.1) is 23.6 Å². The number of likely N-dealkylation sites (tertiary alicyclic amines) is 1. The first-order chi connectivity index (χ1) is 17.0. The van der Waals surface area contributed by atoms with Crippen molar-refractivity contribution in [1.82, 2.24) is 10.2 Å². The molecule has 3 fully saturated rings. The van der Waals surface area contributed by atoms with Crippen LogP contribution in [0.15, 0.2) is 24.3 Å². The number of carbonyl (C=O) groups is 2. The van der Waals surface area contributed by atoms with Crippen LogP contribution >= 0.6 is 0 Å². The molecule has 1 aliphatic heterocycles. The highest BCUT2D eigenvalue weighted by atomic mass is 19.1. The third-order valence-corrected chi connectivity index (χ3v) is 8.52. The Morgan fingerprint density at radius 3 is 2.34 bits per heavy atom. The molecule has 2 saturated carbocycles. The van der Waals surface area contributed by atoms with E-state index in [0.717, 1.165) is 77.1 Å². The van der Waals surface area contributed by atoms with E-state index in [1.54, 1.807) is 12.1 Å². The highest BCUT2D eigenvalue weighted by Crippen LogP contribution is 2.31. The summed E-state index contributed by atoms with van der Waals surface area (Å²) in [5.41, 5.74) is 0.631. The van der Waals surface area contributed by atoms with Crippen LogP contribution in [0.1, 0.15) is 87.9 Å². The van der Waals surface area contributed by atoms with Crippen molar-refractivity contribution in [3.63, 3.8) is 0 Å². The van der Waals surface area contributed by atoms with E-state index >= 15 is 0 Å². The highest BCUT2D eigenvalue weighted by Gasteiger charge is 2.29. The van der Waals surface area contributed by atoms with Gasteiger partial charge in [-0.05, 0) is 127 Å². The summed E-state index contributed by atoms with van der Waals surface area (Å²) in [5, 5.41) is 3.31. The first-order valence-electron chi connectivity index (χ1n) is 13.9. The van der Waals surface area contributed by atoms with Gasteiger partial charge in [-0.15, -0.1) is 0 Å². The van der Waals surface area contributed by atoms with Crippen molar-refractivity contribution in [2.75, 3.05) is 26.2 Å². The standard InChI is InChI=1S/C29H43FN2O3/c1-2-35-27-12-5-22(19-27)20-28(33)31-26-10-3-21(4-11-26)13-16-32-17-14-24(15-18-32)29(34)23-6-8-25(30)9-7-23/h6-9,21-22,24,26-27H,2-5,10-20H2,1H3,(H,31,33)/t21?,22-,26?,27-/m1/s1. The summed E-state index contributed by atoms with van der Waals surface area (Å²) in [6, 6.07) is 6.30. The van der Waals surface area contributed by atoms with E-state index in [-0.39, 0.29) is 23.4 Å². The maximum absolute atomic E-state index is 13.1. The lowest BCUT2D eigenvalue weighted by atomic mass is 9.83. The summed E-state index contributed by atoms with van der Waals surface area (Å²) in [6.45, 7) is 5.84. The quantitative estimate of drug-likeness (QED) is 0.451. The van der Waals surface area contributed by atoms with E-state index in [9.17, 15) is 14.0 Å². The van der Waals surface area contributed by atoms with Crippen molar-refractivity contribution in [2.45, 2.75) is 89.7 Å². The molecule has 0 spiro atoms. The largest absolute Gasteiger partial charge is 0.378 e. The molecule has 1 heterocycles. The zero-order valence-corrected chi connectivity index (χ0v) is 21.4. The summed E-state index contributed by atoms with van der Waals surface area (Å²) in [7, 11) is 0. The number of nitrogens with zero attached hydrogens (tertiary/aromatic N) is 1. The fourth-order valence-corrected chi connectivity index (χ4v) is 6.38. The van der Waals surface area contributed by atoms with E-state index in [1.165, 1.54) is 31.4 Å². The Hall–Kier alpha value is -1.79. The molecule has 1 amide bonds. The SMILES string of the molecule is CCO[C@@H]1CC[C@@H](CC(=O)NC2CCC(CCN3CCC(C(=O)c4ccc(F)cc4)CC3)CC2)C1. The zero-order chi connectivity index (χ0) is 24.6. The number of nitrogens with one attached hydrogen (secondary N) is 1. The normalized spacial score (nSPS) is 28.2. The fourth-order valence-electron chi connectivity index (χ4n) is 6.38. The third kappa shape index (κ3) is 7.85. The molecule has 1 aromatic carbocycles. The van der Waals surface area contributed by atoms with E-state index in [1.807, 2.05) is 6.92 Å². The molecule has 1 saturated heterocycles. The molecule has 0 aromatic heterocycles. The van der Waals surface area contributed by atoms with E-state index in [4.69, 9.17) is 4.74 Å². The average molecular weight is 487 g/mol. The minimum atomic E-state index is -0.298. The van der Waals surface area contributed by atoms with Crippen LogP contribution < -0.4 is 5.32 Å². The number of rotatable bonds is 10.